The maximum Gasteiger partial charge on any atom is 0.260 e. The summed E-state index contributed by atoms with van der Waals surface area (Å²) in [6.45, 7) is 1.33. The molecule has 7 heteroatoms. The Bertz CT molecular complexity index is 449. The summed E-state index contributed by atoms with van der Waals surface area (Å²) in [5.74, 6) is -1.04. The molecule has 1 aliphatic heterocycles. The van der Waals surface area contributed by atoms with Crippen molar-refractivity contribution < 1.29 is 18.9 Å². The highest BCUT2D eigenvalue weighted by molar-refractivity contribution is 6.05. The Morgan fingerprint density at radius 3 is 2.56 bits per heavy atom. The minimum absolute atomic E-state index is 0.130. The van der Waals surface area contributed by atoms with Crippen molar-refractivity contribution in [3.63, 3.8) is 0 Å². The summed E-state index contributed by atoms with van der Waals surface area (Å²) in [6.07, 6.45) is 1.27. The van der Waals surface area contributed by atoms with Gasteiger partial charge in [-0.25, -0.2) is 0 Å². The molecule has 2 rings (SSSR count). The monoisotopic (exact) mass is 223 g/mol. The molecule has 1 N–H and O–H groups in total. The second kappa shape index (κ2) is 3.76. The predicted octanol–water partition coefficient (Wildman–Crippen LogP) is -0.918. The van der Waals surface area contributed by atoms with E-state index in [1.165, 1.54) is 6.20 Å². The van der Waals surface area contributed by atoms with E-state index in [1.54, 1.807) is 6.92 Å². The maximum atomic E-state index is 11.9. The maximum absolute atomic E-state index is 11.9. The Morgan fingerprint density at radius 2 is 2.06 bits per heavy atom. The number of aryl methyl sites for hydroxylation is 1. The van der Waals surface area contributed by atoms with Crippen LogP contribution in [-0.2, 0) is 9.59 Å². The van der Waals surface area contributed by atoms with Crippen LogP contribution in [0.4, 0.5) is 0 Å². The number of hydrogen-bond acceptors (Lipinski definition) is 5. The van der Waals surface area contributed by atoms with Crippen molar-refractivity contribution in [2.75, 3.05) is 13.1 Å². The van der Waals surface area contributed by atoms with Crippen LogP contribution in [0, 0.1) is 6.92 Å². The number of piperazine rings is 1. The lowest BCUT2D eigenvalue weighted by molar-refractivity contribution is -0.135. The average Bonchev–Trinajstić information content (AvgIpc) is 2.62. The van der Waals surface area contributed by atoms with E-state index in [0.29, 0.717) is 5.76 Å². The molecule has 0 radical (unpaired) electrons. The van der Waals surface area contributed by atoms with Crippen molar-refractivity contribution in [3.8, 4) is 0 Å². The molecule has 1 aromatic rings. The highest BCUT2D eigenvalue weighted by Gasteiger charge is 2.28. The fourth-order valence-electron chi connectivity index (χ4n) is 1.46. The van der Waals surface area contributed by atoms with E-state index in [4.69, 9.17) is 4.52 Å². The van der Waals surface area contributed by atoms with Crippen LogP contribution in [-0.4, -0.2) is 40.9 Å². The number of amides is 3. The highest BCUT2D eigenvalue weighted by atomic mass is 16.5. The number of nitrogens with zero attached hydrogens (tertiary/aromatic N) is 2. The third-order valence-corrected chi connectivity index (χ3v) is 2.22. The molecule has 1 saturated heterocycles. The molecule has 1 aliphatic rings. The minimum atomic E-state index is -0.487. The Morgan fingerprint density at radius 1 is 1.44 bits per heavy atom. The van der Waals surface area contributed by atoms with Crippen molar-refractivity contribution in [3.05, 3.63) is 17.5 Å². The van der Waals surface area contributed by atoms with Crippen molar-refractivity contribution >= 4 is 17.7 Å². The number of carbonyl (C=O) groups excluding carboxylic acids is 3. The zero-order valence-electron chi connectivity index (χ0n) is 8.52. The molecule has 0 spiro atoms. The zero-order chi connectivity index (χ0) is 11.7. The van der Waals surface area contributed by atoms with Crippen LogP contribution in [0.25, 0.3) is 0 Å². The number of imide groups is 1. The second-order valence-corrected chi connectivity index (χ2v) is 3.43. The summed E-state index contributed by atoms with van der Waals surface area (Å²) in [4.78, 5) is 35.2. The first-order valence-electron chi connectivity index (χ1n) is 4.61. The van der Waals surface area contributed by atoms with E-state index >= 15 is 0 Å². The van der Waals surface area contributed by atoms with Gasteiger partial charge in [-0.1, -0.05) is 5.16 Å². The normalized spacial score (nSPS) is 16.2. The Kier molecular flexibility index (Phi) is 2.43. The Labute approximate surface area is 90.4 Å². The van der Waals surface area contributed by atoms with Gasteiger partial charge < -0.3 is 9.42 Å². The summed E-state index contributed by atoms with van der Waals surface area (Å²) >= 11 is 0. The van der Waals surface area contributed by atoms with Gasteiger partial charge in [0.15, 0.2) is 0 Å². The summed E-state index contributed by atoms with van der Waals surface area (Å²) in [6, 6.07) is 0. The van der Waals surface area contributed by atoms with Crippen LogP contribution in [0.2, 0.25) is 0 Å². The van der Waals surface area contributed by atoms with Gasteiger partial charge in [-0.05, 0) is 6.92 Å². The fourth-order valence-corrected chi connectivity index (χ4v) is 1.46. The SMILES string of the molecule is Cc1oncc1C(=O)N1CC(=O)NC(=O)C1. The van der Waals surface area contributed by atoms with Gasteiger partial charge >= 0.3 is 0 Å². The molecule has 0 aromatic carbocycles. The molecule has 1 aromatic heterocycles. The summed E-state index contributed by atoms with van der Waals surface area (Å²) in [5.41, 5.74) is 0.266. The van der Waals surface area contributed by atoms with Crippen LogP contribution in [0.15, 0.2) is 10.7 Å². The van der Waals surface area contributed by atoms with Gasteiger partial charge in [0.05, 0.1) is 6.20 Å². The van der Waals surface area contributed by atoms with Gasteiger partial charge in [-0.3, -0.25) is 19.7 Å². The average molecular weight is 223 g/mol. The number of rotatable bonds is 1. The van der Waals surface area contributed by atoms with E-state index in [2.05, 4.69) is 10.5 Å². The standard InChI is InChI=1S/C9H9N3O4/c1-5-6(2-10-16-5)9(15)12-3-7(13)11-8(14)4-12/h2H,3-4H2,1H3,(H,11,13,14). The van der Waals surface area contributed by atoms with Crippen LogP contribution in [0.3, 0.4) is 0 Å². The number of nitrogens with one attached hydrogen (secondary N) is 1. The van der Waals surface area contributed by atoms with Crippen molar-refractivity contribution in [1.29, 1.82) is 0 Å². The summed E-state index contributed by atoms with van der Waals surface area (Å²) in [5, 5.41) is 5.58. The van der Waals surface area contributed by atoms with Gasteiger partial charge in [0.25, 0.3) is 5.91 Å². The fraction of sp³-hybridized carbons (Fsp3) is 0.333. The minimum Gasteiger partial charge on any atom is -0.361 e. The van der Waals surface area contributed by atoms with Crippen LogP contribution < -0.4 is 5.32 Å². The number of carbonyl (C=O) groups is 3. The van der Waals surface area contributed by atoms with Crippen molar-refractivity contribution in [2.24, 2.45) is 0 Å². The molecule has 16 heavy (non-hydrogen) atoms. The topological polar surface area (TPSA) is 92.5 Å². The van der Waals surface area contributed by atoms with E-state index in [9.17, 15) is 14.4 Å². The van der Waals surface area contributed by atoms with Crippen LogP contribution in [0.5, 0.6) is 0 Å². The van der Waals surface area contributed by atoms with Gasteiger partial charge in [-0.15, -0.1) is 0 Å². The second-order valence-electron chi connectivity index (χ2n) is 3.43. The van der Waals surface area contributed by atoms with Crippen molar-refractivity contribution in [2.45, 2.75) is 6.92 Å². The largest absolute Gasteiger partial charge is 0.361 e. The summed E-state index contributed by atoms with van der Waals surface area (Å²) in [7, 11) is 0. The lowest BCUT2D eigenvalue weighted by Gasteiger charge is -2.24. The first kappa shape index (κ1) is 10.3. The molecular weight excluding hydrogens is 214 g/mol. The number of hydrogen-bond donors (Lipinski definition) is 1. The smallest absolute Gasteiger partial charge is 0.260 e. The molecule has 0 unspecified atom stereocenters. The molecule has 0 aliphatic carbocycles. The lowest BCUT2D eigenvalue weighted by Crippen LogP contribution is -2.53. The molecule has 0 saturated carbocycles. The van der Waals surface area contributed by atoms with Crippen LogP contribution in [0.1, 0.15) is 16.1 Å². The van der Waals surface area contributed by atoms with Gasteiger partial charge in [0.2, 0.25) is 11.8 Å². The third kappa shape index (κ3) is 1.79. The Balaban J connectivity index is 2.19. The van der Waals surface area contributed by atoms with Gasteiger partial charge in [0.1, 0.15) is 24.4 Å². The van der Waals surface area contributed by atoms with E-state index in [-0.39, 0.29) is 18.7 Å². The molecule has 0 bridgehead atoms. The van der Waals surface area contributed by atoms with E-state index in [0.717, 1.165) is 4.90 Å². The predicted molar refractivity (Wildman–Crippen MR) is 50.3 cm³/mol. The first-order chi connectivity index (χ1) is 7.58. The van der Waals surface area contributed by atoms with Gasteiger partial charge in [-0.2, -0.15) is 0 Å². The molecule has 7 nitrogen and oxygen atoms in total. The Hall–Kier alpha value is -2.18. The zero-order valence-corrected chi connectivity index (χ0v) is 8.52. The third-order valence-electron chi connectivity index (χ3n) is 2.22. The highest BCUT2D eigenvalue weighted by Crippen LogP contribution is 2.10. The lowest BCUT2D eigenvalue weighted by atomic mass is 10.2. The molecule has 2 heterocycles. The number of aromatic nitrogens is 1. The molecule has 0 atom stereocenters. The molecule has 3 amide bonds. The summed E-state index contributed by atoms with van der Waals surface area (Å²) < 4.78 is 4.75. The molecular formula is C9H9N3O4. The van der Waals surface area contributed by atoms with Gasteiger partial charge in [0, 0.05) is 0 Å². The first-order valence-corrected chi connectivity index (χ1v) is 4.61. The van der Waals surface area contributed by atoms with Crippen molar-refractivity contribution in [1.82, 2.24) is 15.4 Å². The molecule has 84 valence electrons. The quantitative estimate of drug-likeness (QED) is 0.621. The van der Waals surface area contributed by atoms with E-state index < -0.39 is 17.7 Å². The molecule has 1 fully saturated rings. The van der Waals surface area contributed by atoms with E-state index in [1.807, 2.05) is 0 Å². The van der Waals surface area contributed by atoms with Crippen LogP contribution >= 0.6 is 0 Å².